The van der Waals surface area contributed by atoms with Crippen molar-refractivity contribution in [3.63, 3.8) is 0 Å². The zero-order valence-electron chi connectivity index (χ0n) is 13.3. The Morgan fingerprint density at radius 2 is 1.91 bits per heavy atom. The molecule has 0 heterocycles. The Morgan fingerprint density at radius 1 is 1.09 bits per heavy atom. The summed E-state index contributed by atoms with van der Waals surface area (Å²) in [4.78, 5) is 24.0. The summed E-state index contributed by atoms with van der Waals surface area (Å²) in [6.45, 7) is 0.452. The van der Waals surface area contributed by atoms with Crippen LogP contribution < -0.4 is 10.6 Å². The van der Waals surface area contributed by atoms with Crippen LogP contribution in [0.5, 0.6) is 0 Å². The van der Waals surface area contributed by atoms with E-state index < -0.39 is 0 Å². The highest BCUT2D eigenvalue weighted by molar-refractivity contribution is 5.96. The van der Waals surface area contributed by atoms with Crippen molar-refractivity contribution in [2.75, 3.05) is 13.1 Å². The van der Waals surface area contributed by atoms with Gasteiger partial charge < -0.3 is 15.7 Å². The van der Waals surface area contributed by atoms with Gasteiger partial charge >= 0.3 is 0 Å². The van der Waals surface area contributed by atoms with E-state index in [1.54, 1.807) is 0 Å². The number of aryl methyl sites for hydroxylation is 2. The quantitative estimate of drug-likeness (QED) is 0.763. The van der Waals surface area contributed by atoms with Gasteiger partial charge in [0.15, 0.2) is 0 Å². The average molecular weight is 316 g/mol. The van der Waals surface area contributed by atoms with Gasteiger partial charge in [0, 0.05) is 18.0 Å². The molecule has 0 aliphatic heterocycles. The second-order valence-corrected chi connectivity index (χ2v) is 6.58. The van der Waals surface area contributed by atoms with Gasteiger partial charge in [-0.05, 0) is 55.4 Å². The predicted molar refractivity (Wildman–Crippen MR) is 87.2 cm³/mol. The summed E-state index contributed by atoms with van der Waals surface area (Å²) in [5, 5.41) is 15.2. The highest BCUT2D eigenvalue weighted by Crippen LogP contribution is 2.24. The van der Waals surface area contributed by atoms with Crippen LogP contribution in [0.1, 0.15) is 47.2 Å². The van der Waals surface area contributed by atoms with E-state index in [2.05, 4.69) is 10.6 Å². The molecule has 0 bridgehead atoms. The largest absolute Gasteiger partial charge is 0.393 e. The van der Waals surface area contributed by atoms with Crippen molar-refractivity contribution in [2.45, 2.75) is 44.6 Å². The van der Waals surface area contributed by atoms with Crippen LogP contribution in [0.2, 0.25) is 0 Å². The van der Waals surface area contributed by atoms with Crippen LogP contribution in [0.15, 0.2) is 18.2 Å². The highest BCUT2D eigenvalue weighted by Gasteiger charge is 2.25. The van der Waals surface area contributed by atoms with E-state index >= 15 is 0 Å². The summed E-state index contributed by atoms with van der Waals surface area (Å²) >= 11 is 0. The van der Waals surface area contributed by atoms with Gasteiger partial charge in [-0.15, -0.1) is 0 Å². The molecule has 2 aliphatic rings. The van der Waals surface area contributed by atoms with Crippen molar-refractivity contribution in [1.82, 2.24) is 10.6 Å². The molecule has 2 atom stereocenters. The first kappa shape index (κ1) is 16.0. The number of carbonyl (C=O) groups excluding carboxylic acids is 2. The molecule has 0 radical (unpaired) electrons. The van der Waals surface area contributed by atoms with Crippen molar-refractivity contribution in [2.24, 2.45) is 5.92 Å². The van der Waals surface area contributed by atoms with E-state index in [1.807, 2.05) is 18.2 Å². The number of aliphatic hydroxyl groups is 1. The van der Waals surface area contributed by atoms with Crippen LogP contribution >= 0.6 is 0 Å². The fourth-order valence-corrected chi connectivity index (χ4v) is 3.54. The number of nitrogens with one attached hydrogen (secondary N) is 2. The minimum Gasteiger partial charge on any atom is -0.393 e. The fraction of sp³-hybridized carbons (Fsp3) is 0.556. The lowest BCUT2D eigenvalue weighted by atomic mass is 10.1. The summed E-state index contributed by atoms with van der Waals surface area (Å²) < 4.78 is 0. The Hall–Kier alpha value is -1.88. The van der Waals surface area contributed by atoms with Crippen LogP contribution in [0.25, 0.3) is 0 Å². The average Bonchev–Trinajstić information content (AvgIpc) is 3.18. The fourth-order valence-electron chi connectivity index (χ4n) is 3.54. The zero-order chi connectivity index (χ0) is 16.2. The topological polar surface area (TPSA) is 78.4 Å². The molecule has 2 amide bonds. The number of fused-ring (bicyclic) bond motifs is 1. The van der Waals surface area contributed by atoms with E-state index in [1.165, 1.54) is 11.1 Å². The smallest absolute Gasteiger partial charge is 0.251 e. The number of carbonyl (C=O) groups is 2. The van der Waals surface area contributed by atoms with Gasteiger partial charge in [-0.25, -0.2) is 0 Å². The molecule has 23 heavy (non-hydrogen) atoms. The van der Waals surface area contributed by atoms with Crippen molar-refractivity contribution >= 4 is 11.8 Å². The molecule has 1 fully saturated rings. The van der Waals surface area contributed by atoms with Crippen LogP contribution in [-0.4, -0.2) is 36.1 Å². The lowest BCUT2D eigenvalue weighted by Crippen LogP contribution is -2.40. The number of hydrogen-bond acceptors (Lipinski definition) is 3. The van der Waals surface area contributed by atoms with Gasteiger partial charge in [0.2, 0.25) is 5.91 Å². The number of benzene rings is 1. The summed E-state index contributed by atoms with van der Waals surface area (Å²) in [5.41, 5.74) is 3.19. The van der Waals surface area contributed by atoms with E-state index in [0.717, 1.165) is 38.5 Å². The van der Waals surface area contributed by atoms with E-state index in [0.29, 0.717) is 12.1 Å². The van der Waals surface area contributed by atoms with E-state index in [4.69, 9.17) is 0 Å². The molecule has 0 spiro atoms. The molecule has 3 N–H and O–H groups in total. The summed E-state index contributed by atoms with van der Waals surface area (Å²) in [6, 6.07) is 5.77. The second-order valence-electron chi connectivity index (χ2n) is 6.58. The second kappa shape index (κ2) is 7.13. The minimum atomic E-state index is -0.309. The maximum Gasteiger partial charge on any atom is 0.251 e. The zero-order valence-corrected chi connectivity index (χ0v) is 13.3. The third kappa shape index (κ3) is 3.91. The molecule has 0 saturated heterocycles. The molecular weight excluding hydrogens is 292 g/mol. The van der Waals surface area contributed by atoms with Gasteiger partial charge in [-0.3, -0.25) is 9.59 Å². The molecule has 2 unspecified atom stereocenters. The third-order valence-corrected chi connectivity index (χ3v) is 4.95. The normalized spacial score (nSPS) is 22.7. The van der Waals surface area contributed by atoms with Crippen molar-refractivity contribution in [3.8, 4) is 0 Å². The lowest BCUT2D eigenvalue weighted by molar-refractivity contribution is -0.120. The first-order chi connectivity index (χ1) is 11.1. The Morgan fingerprint density at radius 3 is 2.70 bits per heavy atom. The Labute approximate surface area is 136 Å². The number of amides is 2. The van der Waals surface area contributed by atoms with Crippen LogP contribution in [-0.2, 0) is 17.6 Å². The molecule has 1 saturated carbocycles. The van der Waals surface area contributed by atoms with Gasteiger partial charge in [-0.1, -0.05) is 12.5 Å². The molecule has 0 aromatic heterocycles. The first-order valence-corrected chi connectivity index (χ1v) is 8.48. The number of rotatable bonds is 5. The van der Waals surface area contributed by atoms with Crippen molar-refractivity contribution in [1.29, 1.82) is 0 Å². The molecule has 2 aliphatic carbocycles. The Balaban J connectivity index is 1.44. The van der Waals surface area contributed by atoms with Gasteiger partial charge in [-0.2, -0.15) is 0 Å². The van der Waals surface area contributed by atoms with Crippen molar-refractivity contribution in [3.05, 3.63) is 34.9 Å². The molecular formula is C18H24N2O3. The number of hydrogen-bond donors (Lipinski definition) is 3. The molecule has 1 aromatic carbocycles. The summed E-state index contributed by atoms with van der Waals surface area (Å²) in [5.74, 6) is -0.277. The summed E-state index contributed by atoms with van der Waals surface area (Å²) in [7, 11) is 0. The van der Waals surface area contributed by atoms with E-state index in [-0.39, 0.29) is 30.4 Å². The van der Waals surface area contributed by atoms with Crippen LogP contribution in [0, 0.1) is 5.92 Å². The predicted octanol–water partition coefficient (Wildman–Crippen LogP) is 1.18. The summed E-state index contributed by atoms with van der Waals surface area (Å²) in [6.07, 6.45) is 5.73. The molecule has 124 valence electrons. The maximum absolute atomic E-state index is 12.1. The standard InChI is InChI=1S/C18H24N2O3/c21-16-6-2-5-15(16)10-19-17(22)11-20-18(23)14-8-7-12-3-1-4-13(12)9-14/h7-9,15-16,21H,1-6,10-11H2,(H,19,22)(H,20,23). The highest BCUT2D eigenvalue weighted by atomic mass is 16.3. The Bertz CT molecular complexity index is 600. The van der Waals surface area contributed by atoms with Crippen LogP contribution in [0.3, 0.4) is 0 Å². The maximum atomic E-state index is 12.1. The molecule has 5 nitrogen and oxygen atoms in total. The van der Waals surface area contributed by atoms with Crippen LogP contribution in [0.4, 0.5) is 0 Å². The Kier molecular flexibility index (Phi) is 4.96. The van der Waals surface area contributed by atoms with Gasteiger partial charge in [0.05, 0.1) is 12.6 Å². The number of aliphatic hydroxyl groups excluding tert-OH is 1. The van der Waals surface area contributed by atoms with Gasteiger partial charge in [0.25, 0.3) is 5.91 Å². The molecule has 3 rings (SSSR count). The van der Waals surface area contributed by atoms with Crippen molar-refractivity contribution < 1.29 is 14.7 Å². The van der Waals surface area contributed by atoms with E-state index in [9.17, 15) is 14.7 Å². The lowest BCUT2D eigenvalue weighted by Gasteiger charge is -2.15. The third-order valence-electron chi connectivity index (χ3n) is 4.95. The monoisotopic (exact) mass is 316 g/mol. The molecule has 1 aromatic rings. The minimum absolute atomic E-state index is 0.0290. The SMILES string of the molecule is O=C(CNC(=O)c1ccc2c(c1)CCC2)NCC1CCCC1O. The van der Waals surface area contributed by atoms with Gasteiger partial charge in [0.1, 0.15) is 0 Å². The molecule has 5 heteroatoms. The first-order valence-electron chi connectivity index (χ1n) is 8.48.